The van der Waals surface area contributed by atoms with Crippen molar-refractivity contribution in [3.8, 4) is 5.75 Å². The van der Waals surface area contributed by atoms with Gasteiger partial charge in [-0.15, -0.1) is 0 Å². The van der Waals surface area contributed by atoms with Gasteiger partial charge in [0.1, 0.15) is 11.6 Å². The highest BCUT2D eigenvalue weighted by atomic mass is 79.9. The molecule has 0 N–H and O–H groups in total. The Balaban J connectivity index is 2.92. The van der Waals surface area contributed by atoms with Crippen molar-refractivity contribution in [1.29, 1.82) is 0 Å². The molecule has 0 amide bonds. The number of unbranched alkanes of at least 4 members (excludes halogenated alkanes) is 1. The van der Waals surface area contributed by atoms with E-state index in [1.165, 1.54) is 12.1 Å². The summed E-state index contributed by atoms with van der Waals surface area (Å²) >= 11 is 3.22. The van der Waals surface area contributed by atoms with E-state index >= 15 is 0 Å². The summed E-state index contributed by atoms with van der Waals surface area (Å²) in [5.74, 6) is -0.266. The maximum atomic E-state index is 13.2. The molecule has 0 unspecified atom stereocenters. The average Bonchev–Trinajstić information content (AvgIpc) is 2.23. The van der Waals surface area contributed by atoms with E-state index in [-0.39, 0.29) is 5.56 Å². The van der Waals surface area contributed by atoms with Crippen molar-refractivity contribution in [2.75, 3.05) is 6.61 Å². The van der Waals surface area contributed by atoms with Crippen LogP contribution in [0.3, 0.4) is 0 Å². The number of ether oxygens (including phenoxy) is 1. The number of hydrogen-bond donors (Lipinski definition) is 0. The molecule has 82 valence electrons. The number of aldehydes is 1. The lowest BCUT2D eigenvalue weighted by Crippen LogP contribution is -2.02. The Hall–Kier alpha value is -0.900. The van der Waals surface area contributed by atoms with Gasteiger partial charge in [0.15, 0.2) is 6.29 Å². The number of benzene rings is 1. The quantitative estimate of drug-likeness (QED) is 0.606. The molecule has 0 fully saturated rings. The minimum atomic E-state index is -0.556. The Morgan fingerprint density at radius 2 is 2.27 bits per heavy atom. The third-order valence-corrected chi connectivity index (χ3v) is 2.58. The topological polar surface area (TPSA) is 26.3 Å². The van der Waals surface area contributed by atoms with Crippen LogP contribution in [0.2, 0.25) is 0 Å². The lowest BCUT2D eigenvalue weighted by Gasteiger charge is -2.10. The van der Waals surface area contributed by atoms with E-state index in [0.717, 1.165) is 12.8 Å². The van der Waals surface area contributed by atoms with E-state index in [0.29, 0.717) is 23.1 Å². The number of hydrogen-bond acceptors (Lipinski definition) is 2. The van der Waals surface area contributed by atoms with Crippen molar-refractivity contribution in [3.63, 3.8) is 0 Å². The van der Waals surface area contributed by atoms with E-state index < -0.39 is 5.82 Å². The first kappa shape index (κ1) is 12.2. The van der Waals surface area contributed by atoms with Crippen LogP contribution >= 0.6 is 15.9 Å². The van der Waals surface area contributed by atoms with E-state index in [2.05, 4.69) is 15.9 Å². The van der Waals surface area contributed by atoms with Crippen molar-refractivity contribution in [2.24, 2.45) is 0 Å². The molecule has 1 aromatic carbocycles. The van der Waals surface area contributed by atoms with Gasteiger partial charge in [-0.05, 0) is 34.5 Å². The third-order valence-electron chi connectivity index (χ3n) is 1.96. The second-order valence-electron chi connectivity index (χ2n) is 3.09. The zero-order valence-electron chi connectivity index (χ0n) is 8.43. The predicted molar refractivity (Wildman–Crippen MR) is 59.9 cm³/mol. The van der Waals surface area contributed by atoms with Crippen LogP contribution in [0.1, 0.15) is 30.1 Å². The zero-order valence-corrected chi connectivity index (χ0v) is 10.0. The summed E-state index contributed by atoms with van der Waals surface area (Å²) in [6, 6.07) is 2.77. The number of carbonyl (C=O) groups is 1. The summed E-state index contributed by atoms with van der Waals surface area (Å²) in [6.45, 7) is 2.52. The first-order valence-electron chi connectivity index (χ1n) is 4.76. The van der Waals surface area contributed by atoms with E-state index in [9.17, 15) is 9.18 Å². The molecule has 0 bridgehead atoms. The average molecular weight is 275 g/mol. The van der Waals surface area contributed by atoms with Crippen LogP contribution in [0.4, 0.5) is 4.39 Å². The molecule has 0 saturated carbocycles. The van der Waals surface area contributed by atoms with Crippen LogP contribution in [0.15, 0.2) is 16.6 Å². The van der Waals surface area contributed by atoms with E-state index in [4.69, 9.17) is 4.74 Å². The largest absolute Gasteiger partial charge is 0.492 e. The van der Waals surface area contributed by atoms with Crippen molar-refractivity contribution in [1.82, 2.24) is 0 Å². The molecule has 0 spiro atoms. The maximum Gasteiger partial charge on any atom is 0.156 e. The van der Waals surface area contributed by atoms with Gasteiger partial charge in [-0.2, -0.15) is 0 Å². The van der Waals surface area contributed by atoms with Crippen molar-refractivity contribution >= 4 is 22.2 Å². The second-order valence-corrected chi connectivity index (χ2v) is 3.95. The van der Waals surface area contributed by atoms with Gasteiger partial charge in [0.25, 0.3) is 0 Å². The van der Waals surface area contributed by atoms with Crippen LogP contribution in [0.25, 0.3) is 0 Å². The Labute approximate surface area is 96.6 Å². The molecule has 2 nitrogen and oxygen atoms in total. The summed E-state index contributed by atoms with van der Waals surface area (Å²) in [6.07, 6.45) is 2.34. The van der Waals surface area contributed by atoms with Gasteiger partial charge in [-0.3, -0.25) is 4.79 Å². The first-order chi connectivity index (χ1) is 7.20. The normalized spacial score (nSPS) is 10.1. The fraction of sp³-hybridized carbons (Fsp3) is 0.364. The van der Waals surface area contributed by atoms with Gasteiger partial charge in [0.2, 0.25) is 0 Å². The number of halogens is 2. The summed E-state index contributed by atoms with van der Waals surface area (Å²) < 4.78 is 19.2. The molecule has 0 aromatic heterocycles. The lowest BCUT2D eigenvalue weighted by atomic mass is 10.2. The molecule has 15 heavy (non-hydrogen) atoms. The molecule has 0 radical (unpaired) electrons. The van der Waals surface area contributed by atoms with E-state index in [1.54, 1.807) is 0 Å². The molecule has 0 aliphatic rings. The van der Waals surface area contributed by atoms with Crippen molar-refractivity contribution < 1.29 is 13.9 Å². The fourth-order valence-corrected chi connectivity index (χ4v) is 1.58. The molecule has 0 aliphatic carbocycles. The van der Waals surface area contributed by atoms with Gasteiger partial charge in [-0.1, -0.05) is 13.3 Å². The van der Waals surface area contributed by atoms with Crippen LogP contribution in [-0.4, -0.2) is 12.9 Å². The summed E-state index contributed by atoms with van der Waals surface area (Å²) in [5.41, 5.74) is -0.0273. The molecule has 0 aliphatic heterocycles. The van der Waals surface area contributed by atoms with Crippen LogP contribution in [0, 0.1) is 5.82 Å². The molecule has 0 atom stereocenters. The lowest BCUT2D eigenvalue weighted by molar-refractivity contribution is 0.111. The number of rotatable bonds is 5. The highest BCUT2D eigenvalue weighted by Gasteiger charge is 2.12. The molecular weight excluding hydrogens is 263 g/mol. The minimum absolute atomic E-state index is 0.0273. The predicted octanol–water partition coefficient (Wildman–Crippen LogP) is 3.58. The van der Waals surface area contributed by atoms with Crippen LogP contribution in [0.5, 0.6) is 5.75 Å². The standard InChI is InChI=1S/C11H12BrFO2/c1-2-3-6-15-11-8(7-14)10(13)5-4-9(11)12/h4-5,7H,2-3,6H2,1H3. The Kier molecular flexibility index (Phi) is 4.75. The molecule has 4 heteroatoms. The summed E-state index contributed by atoms with van der Waals surface area (Å²) in [5, 5.41) is 0. The van der Waals surface area contributed by atoms with Gasteiger partial charge in [0, 0.05) is 0 Å². The SMILES string of the molecule is CCCCOc1c(Br)ccc(F)c1C=O. The number of carbonyl (C=O) groups excluding carboxylic acids is 1. The molecular formula is C11H12BrFO2. The van der Waals surface area contributed by atoms with Gasteiger partial charge >= 0.3 is 0 Å². The van der Waals surface area contributed by atoms with Crippen molar-refractivity contribution in [2.45, 2.75) is 19.8 Å². The molecule has 0 saturated heterocycles. The highest BCUT2D eigenvalue weighted by Crippen LogP contribution is 2.30. The maximum absolute atomic E-state index is 13.2. The van der Waals surface area contributed by atoms with E-state index in [1.807, 2.05) is 6.92 Å². The molecule has 1 aromatic rings. The van der Waals surface area contributed by atoms with Crippen LogP contribution < -0.4 is 4.74 Å². The summed E-state index contributed by atoms with van der Waals surface area (Å²) in [7, 11) is 0. The van der Waals surface area contributed by atoms with Gasteiger partial charge < -0.3 is 4.74 Å². The zero-order chi connectivity index (χ0) is 11.3. The smallest absolute Gasteiger partial charge is 0.156 e. The van der Waals surface area contributed by atoms with Crippen molar-refractivity contribution in [3.05, 3.63) is 28.0 Å². The summed E-state index contributed by atoms with van der Waals surface area (Å²) in [4.78, 5) is 10.7. The Morgan fingerprint density at radius 3 is 2.87 bits per heavy atom. The first-order valence-corrected chi connectivity index (χ1v) is 5.56. The highest BCUT2D eigenvalue weighted by molar-refractivity contribution is 9.10. The molecule has 1 rings (SSSR count). The van der Waals surface area contributed by atoms with Gasteiger partial charge in [-0.25, -0.2) is 4.39 Å². The third kappa shape index (κ3) is 3.02. The fourth-order valence-electron chi connectivity index (χ4n) is 1.12. The molecule has 0 heterocycles. The van der Waals surface area contributed by atoms with Gasteiger partial charge in [0.05, 0.1) is 16.6 Å². The Morgan fingerprint density at radius 1 is 1.53 bits per heavy atom. The van der Waals surface area contributed by atoms with Crippen LogP contribution in [-0.2, 0) is 0 Å². The second kappa shape index (κ2) is 5.85. The Bertz CT molecular complexity index is 353. The minimum Gasteiger partial charge on any atom is -0.492 e. The monoisotopic (exact) mass is 274 g/mol.